The third-order valence-electron chi connectivity index (χ3n) is 3.37. The van der Waals surface area contributed by atoms with Crippen LogP contribution >= 0.6 is 0 Å². The monoisotopic (exact) mass is 261 g/mol. The smallest absolute Gasteiger partial charge is 0.329 e. The Hall–Kier alpha value is -2.04. The van der Waals surface area contributed by atoms with Crippen LogP contribution in [0.5, 0.6) is 0 Å². The molecular formula is C14H19N3O2. The Bertz CT molecular complexity index is 654. The predicted octanol–water partition coefficient (Wildman–Crippen LogP) is 1.25. The summed E-state index contributed by atoms with van der Waals surface area (Å²) in [6.07, 6.45) is 0.871. The van der Waals surface area contributed by atoms with Crippen LogP contribution in [0.4, 0.5) is 0 Å². The Morgan fingerprint density at radius 2 is 1.95 bits per heavy atom. The summed E-state index contributed by atoms with van der Waals surface area (Å²) >= 11 is 0. The second kappa shape index (κ2) is 5.30. The summed E-state index contributed by atoms with van der Waals surface area (Å²) in [4.78, 5) is 24.0. The first-order valence-corrected chi connectivity index (χ1v) is 6.48. The lowest BCUT2D eigenvalue weighted by Gasteiger charge is -2.11. The predicted molar refractivity (Wildman–Crippen MR) is 75.1 cm³/mol. The largest absolute Gasteiger partial charge is 0.352 e. The lowest BCUT2D eigenvalue weighted by Crippen LogP contribution is -2.37. The van der Waals surface area contributed by atoms with Crippen LogP contribution in [-0.2, 0) is 18.4 Å². The number of carbonyl (C=O) groups is 1. The molecule has 0 spiro atoms. The number of fused-ring (bicyclic) bond motifs is 1. The fourth-order valence-electron chi connectivity index (χ4n) is 2.08. The molecule has 0 radical (unpaired) electrons. The van der Waals surface area contributed by atoms with Gasteiger partial charge in [-0.15, -0.1) is 0 Å². The molecule has 102 valence electrons. The van der Waals surface area contributed by atoms with Gasteiger partial charge < -0.3 is 5.32 Å². The van der Waals surface area contributed by atoms with E-state index in [0.717, 1.165) is 17.5 Å². The van der Waals surface area contributed by atoms with Crippen molar-refractivity contribution in [2.75, 3.05) is 0 Å². The maximum Gasteiger partial charge on any atom is 0.329 e. The van der Waals surface area contributed by atoms with E-state index in [-0.39, 0.29) is 24.2 Å². The lowest BCUT2D eigenvalue weighted by molar-refractivity contribution is -0.122. The maximum atomic E-state index is 12.1. The number of hydrogen-bond acceptors (Lipinski definition) is 2. The molecule has 0 bridgehead atoms. The summed E-state index contributed by atoms with van der Waals surface area (Å²) in [6, 6.07) is 7.60. The molecule has 1 atom stereocenters. The highest BCUT2D eigenvalue weighted by molar-refractivity contribution is 5.81. The summed E-state index contributed by atoms with van der Waals surface area (Å²) in [7, 11) is 1.72. The summed E-state index contributed by atoms with van der Waals surface area (Å²) in [6.45, 7) is 4.02. The average molecular weight is 261 g/mol. The molecule has 5 nitrogen and oxygen atoms in total. The van der Waals surface area contributed by atoms with Crippen LogP contribution in [0, 0.1) is 0 Å². The van der Waals surface area contributed by atoms with Crippen molar-refractivity contribution in [3.8, 4) is 0 Å². The number of aryl methyl sites for hydroxylation is 1. The molecular weight excluding hydrogens is 242 g/mol. The van der Waals surface area contributed by atoms with Gasteiger partial charge >= 0.3 is 5.69 Å². The van der Waals surface area contributed by atoms with Crippen LogP contribution in [0.2, 0.25) is 0 Å². The van der Waals surface area contributed by atoms with Crippen molar-refractivity contribution >= 4 is 16.9 Å². The highest BCUT2D eigenvalue weighted by atomic mass is 16.2. The number of nitrogens with one attached hydrogen (secondary N) is 1. The van der Waals surface area contributed by atoms with Crippen LogP contribution < -0.4 is 11.0 Å². The molecule has 1 N–H and O–H groups in total. The van der Waals surface area contributed by atoms with Gasteiger partial charge in [-0.25, -0.2) is 4.79 Å². The summed E-state index contributed by atoms with van der Waals surface area (Å²) in [5.41, 5.74) is 1.46. The number of benzene rings is 1. The molecule has 2 rings (SSSR count). The second-order valence-electron chi connectivity index (χ2n) is 4.79. The zero-order valence-electron chi connectivity index (χ0n) is 11.5. The zero-order chi connectivity index (χ0) is 14.0. The van der Waals surface area contributed by atoms with E-state index in [4.69, 9.17) is 0 Å². The van der Waals surface area contributed by atoms with Gasteiger partial charge in [0.05, 0.1) is 11.0 Å². The summed E-state index contributed by atoms with van der Waals surface area (Å²) in [5, 5.41) is 2.87. The SMILES string of the molecule is CC[C@H](C)NC(=O)Cn1c(=O)n(C)c2ccccc21. The van der Waals surface area contributed by atoms with Gasteiger partial charge in [0, 0.05) is 13.1 Å². The molecule has 0 fully saturated rings. The highest BCUT2D eigenvalue weighted by Crippen LogP contribution is 2.11. The van der Waals surface area contributed by atoms with E-state index in [9.17, 15) is 9.59 Å². The third-order valence-corrected chi connectivity index (χ3v) is 3.37. The Morgan fingerprint density at radius 3 is 2.58 bits per heavy atom. The van der Waals surface area contributed by atoms with Crippen LogP contribution in [0.3, 0.4) is 0 Å². The number of carbonyl (C=O) groups excluding carboxylic acids is 1. The number of para-hydroxylation sites is 2. The molecule has 0 aliphatic heterocycles. The van der Waals surface area contributed by atoms with E-state index in [2.05, 4.69) is 5.32 Å². The lowest BCUT2D eigenvalue weighted by atomic mass is 10.2. The first-order chi connectivity index (χ1) is 9.04. The molecule has 1 aromatic heterocycles. The van der Waals surface area contributed by atoms with Gasteiger partial charge in [0.2, 0.25) is 5.91 Å². The van der Waals surface area contributed by atoms with Crippen molar-refractivity contribution in [3.63, 3.8) is 0 Å². The van der Waals surface area contributed by atoms with Crippen LogP contribution in [0.25, 0.3) is 11.0 Å². The second-order valence-corrected chi connectivity index (χ2v) is 4.79. The molecule has 0 saturated heterocycles. The quantitative estimate of drug-likeness (QED) is 0.900. The number of rotatable bonds is 4. The molecule has 5 heteroatoms. The number of aromatic nitrogens is 2. The van der Waals surface area contributed by atoms with Crippen molar-refractivity contribution in [1.29, 1.82) is 0 Å². The number of imidazole rings is 1. The van der Waals surface area contributed by atoms with Crippen LogP contribution in [-0.4, -0.2) is 21.1 Å². The summed E-state index contributed by atoms with van der Waals surface area (Å²) < 4.78 is 3.07. The molecule has 19 heavy (non-hydrogen) atoms. The van der Waals surface area contributed by atoms with Gasteiger partial charge in [0.1, 0.15) is 6.54 Å². The van der Waals surface area contributed by atoms with Gasteiger partial charge in [0.15, 0.2) is 0 Å². The number of nitrogens with zero attached hydrogens (tertiary/aromatic N) is 2. The Labute approximate surface area is 111 Å². The minimum absolute atomic E-state index is 0.0600. The highest BCUT2D eigenvalue weighted by Gasteiger charge is 2.13. The van der Waals surface area contributed by atoms with E-state index in [1.54, 1.807) is 11.6 Å². The zero-order valence-corrected chi connectivity index (χ0v) is 11.5. The third kappa shape index (κ3) is 2.54. The van der Waals surface area contributed by atoms with Gasteiger partial charge in [-0.05, 0) is 25.5 Å². The molecule has 0 saturated carbocycles. The van der Waals surface area contributed by atoms with Crippen molar-refractivity contribution in [3.05, 3.63) is 34.7 Å². The molecule has 0 aliphatic carbocycles. The molecule has 1 heterocycles. The van der Waals surface area contributed by atoms with Crippen molar-refractivity contribution < 1.29 is 4.79 Å². The van der Waals surface area contributed by atoms with Gasteiger partial charge in [-0.1, -0.05) is 19.1 Å². The topological polar surface area (TPSA) is 56.0 Å². The van der Waals surface area contributed by atoms with Gasteiger partial charge in [-0.3, -0.25) is 13.9 Å². The molecule has 0 aliphatic rings. The summed E-state index contributed by atoms with van der Waals surface area (Å²) in [5.74, 6) is -0.132. The van der Waals surface area contributed by atoms with Crippen molar-refractivity contribution in [2.45, 2.75) is 32.9 Å². The number of amides is 1. The Kier molecular flexibility index (Phi) is 3.74. The fraction of sp³-hybridized carbons (Fsp3) is 0.429. The van der Waals surface area contributed by atoms with Crippen LogP contribution in [0.15, 0.2) is 29.1 Å². The number of hydrogen-bond donors (Lipinski definition) is 1. The fourth-order valence-corrected chi connectivity index (χ4v) is 2.08. The van der Waals surface area contributed by atoms with E-state index < -0.39 is 0 Å². The van der Waals surface area contributed by atoms with Crippen LogP contribution in [0.1, 0.15) is 20.3 Å². The van der Waals surface area contributed by atoms with E-state index in [0.29, 0.717) is 0 Å². The average Bonchev–Trinajstić information content (AvgIpc) is 2.64. The molecule has 1 amide bonds. The molecule has 2 aromatic rings. The van der Waals surface area contributed by atoms with E-state index in [1.165, 1.54) is 4.57 Å². The van der Waals surface area contributed by atoms with E-state index in [1.807, 2.05) is 38.1 Å². The Balaban J connectivity index is 2.33. The molecule has 0 unspecified atom stereocenters. The first-order valence-electron chi connectivity index (χ1n) is 6.48. The maximum absolute atomic E-state index is 12.1. The molecule has 1 aromatic carbocycles. The normalized spacial score (nSPS) is 12.6. The van der Waals surface area contributed by atoms with Crippen molar-refractivity contribution in [1.82, 2.24) is 14.5 Å². The standard InChI is InChI=1S/C14H19N3O2/c1-4-10(2)15-13(18)9-17-12-8-6-5-7-11(12)16(3)14(17)19/h5-8,10H,4,9H2,1-3H3,(H,15,18)/t10-/m0/s1. The van der Waals surface area contributed by atoms with Crippen molar-refractivity contribution in [2.24, 2.45) is 7.05 Å². The van der Waals surface area contributed by atoms with E-state index >= 15 is 0 Å². The Morgan fingerprint density at radius 1 is 1.32 bits per heavy atom. The van der Waals surface area contributed by atoms with Gasteiger partial charge in [0.25, 0.3) is 0 Å². The minimum atomic E-state index is -0.166. The van der Waals surface area contributed by atoms with Gasteiger partial charge in [-0.2, -0.15) is 0 Å². The minimum Gasteiger partial charge on any atom is -0.352 e. The first kappa shape index (κ1) is 13.4.